The molecule has 0 heterocycles. The molecule has 5 nitrogen and oxygen atoms in total. The summed E-state index contributed by atoms with van der Waals surface area (Å²) in [5, 5.41) is 0. The van der Waals surface area contributed by atoms with Crippen LogP contribution in [0.5, 0.6) is 0 Å². The van der Waals surface area contributed by atoms with Crippen LogP contribution in [0.15, 0.2) is 11.6 Å². The Morgan fingerprint density at radius 2 is 1.94 bits per heavy atom. The van der Waals surface area contributed by atoms with E-state index in [1.807, 2.05) is 0 Å². The van der Waals surface area contributed by atoms with Crippen LogP contribution in [0.2, 0.25) is 0 Å². The maximum atomic E-state index is 11.4. The van der Waals surface area contributed by atoms with Gasteiger partial charge < -0.3 is 19.9 Å². The first kappa shape index (κ1) is 19.1. The SMILES string of the molecule is COC(=O)C1=CC(OC)C(N)C(OC)C1.[I][V][I]. The zero-order valence-corrected chi connectivity index (χ0v) is 16.1. The van der Waals surface area contributed by atoms with E-state index < -0.39 is 0 Å². The third-order valence-corrected chi connectivity index (χ3v) is 2.62. The molecule has 2 N–H and O–H groups in total. The second-order valence-corrected chi connectivity index (χ2v) is 15.3. The van der Waals surface area contributed by atoms with E-state index in [-0.39, 0.29) is 24.2 Å². The van der Waals surface area contributed by atoms with E-state index >= 15 is 0 Å². The van der Waals surface area contributed by atoms with Gasteiger partial charge in [0.25, 0.3) is 0 Å². The summed E-state index contributed by atoms with van der Waals surface area (Å²) in [5.74, 6) is -0.356. The summed E-state index contributed by atoms with van der Waals surface area (Å²) >= 11 is 4.74. The monoisotopic (exact) mass is 520 g/mol. The van der Waals surface area contributed by atoms with Crippen molar-refractivity contribution in [1.82, 2.24) is 0 Å². The van der Waals surface area contributed by atoms with E-state index in [0.29, 0.717) is 21.5 Å². The van der Waals surface area contributed by atoms with Gasteiger partial charge in [-0.3, -0.25) is 0 Å². The molecular weight excluding hydrogens is 503 g/mol. The molecule has 1 aliphatic rings. The van der Waals surface area contributed by atoms with Crippen molar-refractivity contribution in [1.29, 1.82) is 0 Å². The van der Waals surface area contributed by atoms with Gasteiger partial charge >= 0.3 is 55.4 Å². The van der Waals surface area contributed by atoms with Gasteiger partial charge in [0.2, 0.25) is 0 Å². The van der Waals surface area contributed by atoms with Crippen LogP contribution in [0, 0.1) is 0 Å². The molecule has 0 spiro atoms. The van der Waals surface area contributed by atoms with Crippen LogP contribution >= 0.6 is 40.0 Å². The molecule has 0 aromatic rings. The number of carbonyl (C=O) groups is 1. The summed E-state index contributed by atoms with van der Waals surface area (Å²) < 4.78 is 15.0. The van der Waals surface area contributed by atoms with Crippen molar-refractivity contribution in [2.45, 2.75) is 24.7 Å². The fraction of sp³-hybridized carbons (Fsp3) is 0.700. The average molecular weight is 520 g/mol. The van der Waals surface area contributed by atoms with Gasteiger partial charge in [-0.1, -0.05) is 0 Å². The molecule has 8 heteroatoms. The van der Waals surface area contributed by atoms with Crippen molar-refractivity contribution in [2.24, 2.45) is 5.73 Å². The van der Waals surface area contributed by atoms with E-state index in [4.69, 9.17) is 15.2 Å². The molecule has 18 heavy (non-hydrogen) atoms. The zero-order chi connectivity index (χ0) is 14.1. The van der Waals surface area contributed by atoms with E-state index in [1.54, 1.807) is 20.3 Å². The molecule has 0 aromatic carbocycles. The van der Waals surface area contributed by atoms with Crippen molar-refractivity contribution < 1.29 is 28.5 Å². The van der Waals surface area contributed by atoms with Gasteiger partial charge in [0.15, 0.2) is 0 Å². The summed E-state index contributed by atoms with van der Waals surface area (Å²) in [5.41, 5.74) is 6.45. The van der Waals surface area contributed by atoms with Crippen LogP contribution in [0.3, 0.4) is 0 Å². The molecule has 0 aromatic heterocycles. The van der Waals surface area contributed by atoms with Gasteiger partial charge in [0, 0.05) is 26.2 Å². The van der Waals surface area contributed by atoms with Crippen LogP contribution in [-0.4, -0.2) is 45.5 Å². The fourth-order valence-corrected chi connectivity index (χ4v) is 1.69. The number of hydrogen-bond donors (Lipinski definition) is 1. The maximum absolute atomic E-state index is 11.4. The van der Waals surface area contributed by atoms with Crippen molar-refractivity contribution in [2.75, 3.05) is 21.3 Å². The average Bonchev–Trinajstić information content (AvgIpc) is 2.39. The van der Waals surface area contributed by atoms with Crippen LogP contribution in [0.4, 0.5) is 0 Å². The number of esters is 1. The van der Waals surface area contributed by atoms with Crippen molar-refractivity contribution in [3.63, 3.8) is 0 Å². The molecule has 0 saturated carbocycles. The van der Waals surface area contributed by atoms with Gasteiger partial charge in [-0.15, -0.1) is 0 Å². The Labute approximate surface area is 136 Å². The van der Waals surface area contributed by atoms with Crippen molar-refractivity contribution in [3.8, 4) is 0 Å². The molecule has 3 atom stereocenters. The Bertz CT molecular complexity index is 291. The number of methoxy groups -OCH3 is 3. The molecular formula is C10H17I2NO4V. The third kappa shape index (κ3) is 6.06. The molecule has 105 valence electrons. The van der Waals surface area contributed by atoms with Gasteiger partial charge in [-0.05, 0) is 6.08 Å². The molecule has 0 fully saturated rings. The van der Waals surface area contributed by atoms with Crippen LogP contribution in [-0.2, 0) is 28.5 Å². The molecule has 1 rings (SSSR count). The topological polar surface area (TPSA) is 70.8 Å². The zero-order valence-electron chi connectivity index (χ0n) is 10.4. The van der Waals surface area contributed by atoms with Crippen LogP contribution in [0.25, 0.3) is 0 Å². The van der Waals surface area contributed by atoms with Gasteiger partial charge in [-0.25, -0.2) is 4.79 Å². The molecule has 0 radical (unpaired) electrons. The summed E-state index contributed by atoms with van der Waals surface area (Å²) in [6, 6.07) is -0.256. The van der Waals surface area contributed by atoms with Gasteiger partial charge in [-0.2, -0.15) is 0 Å². The summed E-state index contributed by atoms with van der Waals surface area (Å²) in [6.07, 6.45) is 1.64. The number of carbonyl (C=O) groups excluding carboxylic acids is 1. The quantitative estimate of drug-likeness (QED) is 0.453. The first-order valence-corrected chi connectivity index (χ1v) is 14.1. The Morgan fingerprint density at radius 3 is 2.33 bits per heavy atom. The Hall–Kier alpha value is 1.13. The van der Waals surface area contributed by atoms with E-state index in [9.17, 15) is 4.79 Å². The minimum absolute atomic E-state index is 0.214. The predicted molar refractivity (Wildman–Crippen MR) is 82.3 cm³/mol. The third-order valence-electron chi connectivity index (χ3n) is 2.62. The number of halogens is 2. The van der Waals surface area contributed by atoms with Crippen LogP contribution < -0.4 is 5.73 Å². The molecule has 0 bridgehead atoms. The Kier molecular flexibility index (Phi) is 11.6. The summed E-state index contributed by atoms with van der Waals surface area (Å²) in [6.45, 7) is 0. The van der Waals surface area contributed by atoms with Gasteiger partial charge in [0.1, 0.15) is 0 Å². The second-order valence-electron chi connectivity index (χ2n) is 3.50. The Morgan fingerprint density at radius 1 is 1.39 bits per heavy atom. The van der Waals surface area contributed by atoms with E-state index in [2.05, 4.69) is 44.7 Å². The van der Waals surface area contributed by atoms with Crippen molar-refractivity contribution >= 4 is 45.9 Å². The normalized spacial score (nSPS) is 26.6. The summed E-state index contributed by atoms with van der Waals surface area (Å²) in [4.78, 5) is 11.4. The number of nitrogens with two attached hydrogens (primary N) is 1. The number of hydrogen-bond acceptors (Lipinski definition) is 5. The predicted octanol–water partition coefficient (Wildman–Crippen LogP) is 1.62. The summed E-state index contributed by atoms with van der Waals surface area (Å²) in [7, 11) is 5.09. The van der Waals surface area contributed by atoms with Gasteiger partial charge in [0.05, 0.1) is 25.4 Å². The molecule has 0 aliphatic heterocycles. The molecule has 3 unspecified atom stereocenters. The van der Waals surface area contributed by atoms with E-state index in [0.717, 1.165) is 0 Å². The first-order chi connectivity index (χ1) is 8.55. The molecule has 1 aliphatic carbocycles. The number of ether oxygens (including phenoxy) is 3. The second kappa shape index (κ2) is 10.9. The van der Waals surface area contributed by atoms with Crippen LogP contribution in [0.1, 0.15) is 6.42 Å². The fourth-order valence-electron chi connectivity index (χ4n) is 1.69. The standard InChI is InChI=1S/C10H17NO4.2HI.V/c1-13-7-4-6(10(12)15-3)5-8(14-2)9(7)11;;;/h4,7-9H,5,11H2,1-3H3;2*1H;/q;;;+2/p-2. The minimum atomic E-state index is -0.356. The molecule has 0 saturated heterocycles. The van der Waals surface area contributed by atoms with Crippen molar-refractivity contribution in [3.05, 3.63) is 11.6 Å². The number of rotatable bonds is 3. The molecule has 0 amide bonds. The Balaban J connectivity index is 0.000000873. The van der Waals surface area contributed by atoms with E-state index in [1.165, 1.54) is 7.11 Å². The first-order valence-electron chi connectivity index (χ1n) is 5.08.